The Balaban J connectivity index is 2.04. The highest BCUT2D eigenvalue weighted by atomic mass is 16.5. The first-order valence-corrected chi connectivity index (χ1v) is 9.69. The molecule has 1 N–H and O–H groups in total. The fourth-order valence-corrected chi connectivity index (χ4v) is 3.81. The van der Waals surface area contributed by atoms with Crippen molar-refractivity contribution in [3.8, 4) is 22.6 Å². The Bertz CT molecular complexity index is 1300. The zero-order chi connectivity index (χ0) is 22.0. The third-order valence-electron chi connectivity index (χ3n) is 5.20. The molecule has 0 fully saturated rings. The Labute approximate surface area is 178 Å². The number of aromatic nitrogens is 1. The summed E-state index contributed by atoms with van der Waals surface area (Å²) in [5, 5.41) is 11.2. The molecule has 0 unspecified atom stereocenters. The molecule has 0 bridgehead atoms. The van der Waals surface area contributed by atoms with Crippen molar-refractivity contribution in [1.82, 2.24) is 4.57 Å². The summed E-state index contributed by atoms with van der Waals surface area (Å²) in [4.78, 5) is 25.8. The second kappa shape index (κ2) is 8.36. The highest BCUT2D eigenvalue weighted by Gasteiger charge is 2.23. The van der Waals surface area contributed by atoms with Crippen molar-refractivity contribution >= 4 is 16.7 Å². The summed E-state index contributed by atoms with van der Waals surface area (Å²) in [6, 6.07) is 21.6. The van der Waals surface area contributed by atoms with Crippen LogP contribution in [0.1, 0.15) is 16.1 Å². The van der Waals surface area contributed by atoms with Crippen molar-refractivity contribution in [1.29, 1.82) is 0 Å². The summed E-state index contributed by atoms with van der Waals surface area (Å²) >= 11 is 0. The Morgan fingerprint density at radius 3 is 2.03 bits per heavy atom. The van der Waals surface area contributed by atoms with Gasteiger partial charge in [-0.3, -0.25) is 9.36 Å². The van der Waals surface area contributed by atoms with Crippen molar-refractivity contribution in [3.63, 3.8) is 0 Å². The van der Waals surface area contributed by atoms with E-state index in [4.69, 9.17) is 9.47 Å². The van der Waals surface area contributed by atoms with Crippen molar-refractivity contribution in [2.45, 2.75) is 6.54 Å². The number of pyridine rings is 1. The number of hydrogen-bond donors (Lipinski definition) is 1. The molecule has 4 rings (SSSR count). The van der Waals surface area contributed by atoms with Crippen LogP contribution >= 0.6 is 0 Å². The van der Waals surface area contributed by atoms with E-state index < -0.39 is 5.97 Å². The normalized spacial score (nSPS) is 10.8. The first-order valence-electron chi connectivity index (χ1n) is 9.69. The minimum atomic E-state index is -1.17. The van der Waals surface area contributed by atoms with Crippen molar-refractivity contribution < 1.29 is 19.4 Å². The Morgan fingerprint density at radius 1 is 0.871 bits per heavy atom. The van der Waals surface area contributed by atoms with E-state index in [1.807, 2.05) is 30.3 Å². The Morgan fingerprint density at radius 2 is 1.45 bits per heavy atom. The van der Waals surface area contributed by atoms with E-state index in [1.165, 1.54) is 18.8 Å². The maximum Gasteiger partial charge on any atom is 0.353 e. The highest BCUT2D eigenvalue weighted by molar-refractivity contribution is 6.06. The first kappa shape index (κ1) is 20.2. The molecule has 1 aromatic heterocycles. The van der Waals surface area contributed by atoms with Gasteiger partial charge >= 0.3 is 5.97 Å². The largest absolute Gasteiger partial charge is 0.497 e. The van der Waals surface area contributed by atoms with E-state index in [9.17, 15) is 14.7 Å². The molecule has 0 spiro atoms. The number of ether oxygens (including phenoxy) is 2. The molecule has 0 aliphatic rings. The van der Waals surface area contributed by atoms with Gasteiger partial charge in [0.2, 0.25) is 0 Å². The van der Waals surface area contributed by atoms with Crippen LogP contribution in [0.3, 0.4) is 0 Å². The average molecular weight is 415 g/mol. The van der Waals surface area contributed by atoms with Crippen LogP contribution in [0.2, 0.25) is 0 Å². The van der Waals surface area contributed by atoms with E-state index in [1.54, 1.807) is 42.5 Å². The molecule has 0 radical (unpaired) electrons. The number of rotatable bonds is 6. The molecule has 0 atom stereocenters. The van der Waals surface area contributed by atoms with Crippen LogP contribution in [-0.2, 0) is 6.54 Å². The SMILES string of the molecule is COc1cc(Cn2c(C(=O)O)c(-c3ccccc3)c3ccccc3c2=O)cc(OC)c1. The van der Waals surface area contributed by atoms with Gasteiger partial charge in [-0.15, -0.1) is 0 Å². The minimum Gasteiger partial charge on any atom is -0.497 e. The van der Waals surface area contributed by atoms with Crippen LogP contribution in [0.25, 0.3) is 21.9 Å². The molecule has 4 aromatic rings. The van der Waals surface area contributed by atoms with Gasteiger partial charge in [-0.25, -0.2) is 4.79 Å². The number of fused-ring (bicyclic) bond motifs is 1. The predicted molar refractivity (Wildman–Crippen MR) is 119 cm³/mol. The lowest BCUT2D eigenvalue weighted by Gasteiger charge is -2.18. The maximum atomic E-state index is 13.4. The van der Waals surface area contributed by atoms with Gasteiger partial charge in [-0.05, 0) is 34.7 Å². The summed E-state index contributed by atoms with van der Waals surface area (Å²) < 4.78 is 12.0. The molecule has 0 aliphatic heterocycles. The van der Waals surface area contributed by atoms with Gasteiger partial charge in [0.15, 0.2) is 0 Å². The molecule has 1 heterocycles. The van der Waals surface area contributed by atoms with Gasteiger partial charge in [0.25, 0.3) is 5.56 Å². The highest BCUT2D eigenvalue weighted by Crippen LogP contribution is 2.31. The number of benzene rings is 3. The molecule has 156 valence electrons. The van der Waals surface area contributed by atoms with Gasteiger partial charge in [-0.1, -0.05) is 48.5 Å². The van der Waals surface area contributed by atoms with Crippen LogP contribution < -0.4 is 15.0 Å². The van der Waals surface area contributed by atoms with E-state index in [0.29, 0.717) is 33.4 Å². The number of hydrogen-bond acceptors (Lipinski definition) is 4. The smallest absolute Gasteiger partial charge is 0.353 e. The molecule has 3 aromatic carbocycles. The van der Waals surface area contributed by atoms with Gasteiger partial charge < -0.3 is 14.6 Å². The van der Waals surface area contributed by atoms with Crippen molar-refractivity contribution in [2.75, 3.05) is 14.2 Å². The second-order valence-electron chi connectivity index (χ2n) is 7.05. The number of nitrogens with zero attached hydrogens (tertiary/aromatic N) is 1. The number of carboxylic acid groups (broad SMARTS) is 1. The maximum absolute atomic E-state index is 13.4. The number of aromatic carboxylic acids is 1. The molecular formula is C25H21NO5. The summed E-state index contributed by atoms with van der Waals surface area (Å²) in [6.45, 7) is 0.0543. The van der Waals surface area contributed by atoms with Crippen LogP contribution in [-0.4, -0.2) is 29.9 Å². The zero-order valence-corrected chi connectivity index (χ0v) is 17.2. The lowest BCUT2D eigenvalue weighted by atomic mass is 9.96. The Hall–Kier alpha value is -4.06. The number of carboxylic acids is 1. The van der Waals surface area contributed by atoms with E-state index >= 15 is 0 Å². The summed E-state index contributed by atoms with van der Waals surface area (Å²) in [5.41, 5.74) is 1.51. The first-order chi connectivity index (χ1) is 15.0. The van der Waals surface area contributed by atoms with Crippen LogP contribution in [0.5, 0.6) is 11.5 Å². The number of carbonyl (C=O) groups is 1. The lowest BCUT2D eigenvalue weighted by Crippen LogP contribution is -2.28. The van der Waals surface area contributed by atoms with Crippen molar-refractivity contribution in [2.24, 2.45) is 0 Å². The number of methoxy groups -OCH3 is 2. The quantitative estimate of drug-likeness (QED) is 0.504. The summed E-state index contributed by atoms with van der Waals surface area (Å²) in [7, 11) is 3.08. The van der Waals surface area contributed by atoms with Crippen LogP contribution in [0.15, 0.2) is 77.6 Å². The van der Waals surface area contributed by atoms with Crippen LogP contribution in [0.4, 0.5) is 0 Å². The zero-order valence-electron chi connectivity index (χ0n) is 17.2. The summed E-state index contributed by atoms with van der Waals surface area (Å²) in [5.74, 6) is -0.0525. The molecule has 0 saturated carbocycles. The predicted octanol–water partition coefficient (Wildman–Crippen LogP) is 4.43. The van der Waals surface area contributed by atoms with Gasteiger partial charge in [0.05, 0.1) is 20.8 Å². The minimum absolute atomic E-state index is 0.0543. The van der Waals surface area contributed by atoms with E-state index in [-0.39, 0.29) is 17.8 Å². The van der Waals surface area contributed by atoms with Crippen molar-refractivity contribution in [3.05, 3.63) is 94.4 Å². The topological polar surface area (TPSA) is 77.8 Å². The van der Waals surface area contributed by atoms with Crippen LogP contribution in [0, 0.1) is 0 Å². The third-order valence-corrected chi connectivity index (χ3v) is 5.20. The summed E-state index contributed by atoms with van der Waals surface area (Å²) in [6.07, 6.45) is 0. The second-order valence-corrected chi connectivity index (χ2v) is 7.05. The molecule has 6 heteroatoms. The molecule has 0 amide bonds. The van der Waals surface area contributed by atoms with Gasteiger partial charge in [0.1, 0.15) is 17.2 Å². The molecule has 0 aliphatic carbocycles. The third kappa shape index (κ3) is 3.75. The lowest BCUT2D eigenvalue weighted by molar-refractivity contribution is 0.0685. The molecule has 0 saturated heterocycles. The molecular weight excluding hydrogens is 394 g/mol. The average Bonchev–Trinajstić information content (AvgIpc) is 2.80. The van der Waals surface area contributed by atoms with Gasteiger partial charge in [0, 0.05) is 17.0 Å². The standard InChI is InChI=1S/C25H21NO5/c1-30-18-12-16(13-19(14-18)31-2)15-26-23(25(28)29)22(17-8-4-3-5-9-17)20-10-6-7-11-21(20)24(26)27/h3-14H,15H2,1-2H3,(H,28,29). The van der Waals surface area contributed by atoms with Gasteiger partial charge in [-0.2, -0.15) is 0 Å². The Kier molecular flexibility index (Phi) is 5.45. The molecule has 31 heavy (non-hydrogen) atoms. The fraction of sp³-hybridized carbons (Fsp3) is 0.120. The van der Waals surface area contributed by atoms with E-state index in [2.05, 4.69) is 0 Å². The molecule has 6 nitrogen and oxygen atoms in total. The fourth-order valence-electron chi connectivity index (χ4n) is 3.81. The monoisotopic (exact) mass is 415 g/mol. The van der Waals surface area contributed by atoms with E-state index in [0.717, 1.165) is 5.56 Å².